The van der Waals surface area contributed by atoms with Crippen LogP contribution in [0.15, 0.2) is 84.9 Å². The molecule has 0 saturated heterocycles. The summed E-state index contributed by atoms with van der Waals surface area (Å²) in [5, 5.41) is 3.49. The molecule has 0 aliphatic carbocycles. The molecule has 3 nitrogen and oxygen atoms in total. The fourth-order valence-corrected chi connectivity index (χ4v) is 2.69. The number of hydrogen-bond acceptors (Lipinski definition) is 3. The van der Waals surface area contributed by atoms with Gasteiger partial charge >= 0.3 is 0 Å². The molecule has 0 bridgehead atoms. The molecule has 0 atom stereocenters. The zero-order valence-electron chi connectivity index (χ0n) is 14.9. The SMILES string of the molecule is c1ccc(CCNCc2cccc(OCCOc3ccccc3)c2)cc1. The Morgan fingerprint density at radius 2 is 1.23 bits per heavy atom. The van der Waals surface area contributed by atoms with E-state index in [0.717, 1.165) is 31.0 Å². The van der Waals surface area contributed by atoms with Gasteiger partial charge < -0.3 is 14.8 Å². The number of hydrogen-bond donors (Lipinski definition) is 1. The fraction of sp³-hybridized carbons (Fsp3) is 0.217. The van der Waals surface area contributed by atoms with E-state index < -0.39 is 0 Å². The molecule has 0 aliphatic rings. The van der Waals surface area contributed by atoms with Gasteiger partial charge in [-0.05, 0) is 48.4 Å². The van der Waals surface area contributed by atoms with Gasteiger partial charge in [-0.2, -0.15) is 0 Å². The third-order valence-corrected chi connectivity index (χ3v) is 4.02. The van der Waals surface area contributed by atoms with Gasteiger partial charge in [-0.15, -0.1) is 0 Å². The van der Waals surface area contributed by atoms with Crippen LogP contribution in [0.2, 0.25) is 0 Å². The van der Waals surface area contributed by atoms with Crippen molar-refractivity contribution in [1.82, 2.24) is 5.32 Å². The van der Waals surface area contributed by atoms with Gasteiger partial charge in [-0.1, -0.05) is 60.7 Å². The Balaban J connectivity index is 1.36. The average Bonchev–Trinajstić information content (AvgIpc) is 2.71. The lowest BCUT2D eigenvalue weighted by Gasteiger charge is -2.10. The van der Waals surface area contributed by atoms with Gasteiger partial charge in [0.1, 0.15) is 24.7 Å². The number of nitrogens with one attached hydrogen (secondary N) is 1. The minimum atomic E-state index is 0.528. The first-order valence-corrected chi connectivity index (χ1v) is 9.04. The van der Waals surface area contributed by atoms with Crippen LogP contribution >= 0.6 is 0 Å². The Bertz CT molecular complexity index is 697. The second kappa shape index (κ2) is 10.3. The molecule has 0 spiro atoms. The number of para-hydroxylation sites is 1. The van der Waals surface area contributed by atoms with Crippen molar-refractivity contribution in [3.63, 3.8) is 0 Å². The van der Waals surface area contributed by atoms with E-state index in [1.165, 1.54) is 11.1 Å². The van der Waals surface area contributed by atoms with E-state index in [-0.39, 0.29) is 0 Å². The highest BCUT2D eigenvalue weighted by Crippen LogP contribution is 2.14. The largest absolute Gasteiger partial charge is 0.490 e. The van der Waals surface area contributed by atoms with Crippen molar-refractivity contribution in [3.8, 4) is 11.5 Å². The van der Waals surface area contributed by atoms with Crippen molar-refractivity contribution < 1.29 is 9.47 Å². The van der Waals surface area contributed by atoms with Crippen LogP contribution in [0.5, 0.6) is 11.5 Å². The van der Waals surface area contributed by atoms with E-state index in [4.69, 9.17) is 9.47 Å². The molecule has 0 saturated carbocycles. The molecule has 26 heavy (non-hydrogen) atoms. The predicted molar refractivity (Wildman–Crippen MR) is 106 cm³/mol. The maximum absolute atomic E-state index is 5.79. The van der Waals surface area contributed by atoms with Crippen LogP contribution < -0.4 is 14.8 Å². The highest BCUT2D eigenvalue weighted by Gasteiger charge is 1.99. The lowest BCUT2D eigenvalue weighted by molar-refractivity contribution is 0.217. The van der Waals surface area contributed by atoms with Crippen molar-refractivity contribution in [2.75, 3.05) is 19.8 Å². The maximum atomic E-state index is 5.79. The van der Waals surface area contributed by atoms with E-state index in [1.54, 1.807) is 0 Å². The average molecular weight is 347 g/mol. The lowest BCUT2D eigenvalue weighted by Crippen LogP contribution is -2.16. The number of benzene rings is 3. The molecule has 0 aromatic heterocycles. The summed E-state index contributed by atoms with van der Waals surface area (Å²) >= 11 is 0. The highest BCUT2D eigenvalue weighted by molar-refractivity contribution is 5.28. The third kappa shape index (κ3) is 6.26. The molecular formula is C23H25NO2. The summed E-state index contributed by atoms with van der Waals surface area (Å²) in [6, 6.07) is 28.5. The first kappa shape index (κ1) is 18.0. The molecule has 0 unspecified atom stereocenters. The van der Waals surface area contributed by atoms with Crippen LogP contribution in [0.4, 0.5) is 0 Å². The molecule has 3 aromatic carbocycles. The zero-order valence-corrected chi connectivity index (χ0v) is 14.9. The summed E-state index contributed by atoms with van der Waals surface area (Å²) in [6.07, 6.45) is 1.04. The van der Waals surface area contributed by atoms with Gasteiger partial charge in [0.25, 0.3) is 0 Å². The fourth-order valence-electron chi connectivity index (χ4n) is 2.69. The van der Waals surface area contributed by atoms with Crippen LogP contribution in [0, 0.1) is 0 Å². The summed E-state index contributed by atoms with van der Waals surface area (Å²) in [5.41, 5.74) is 2.58. The Hall–Kier alpha value is -2.78. The quantitative estimate of drug-likeness (QED) is 0.549. The lowest BCUT2D eigenvalue weighted by atomic mass is 10.1. The second-order valence-electron chi connectivity index (χ2n) is 6.07. The molecular weight excluding hydrogens is 322 g/mol. The van der Waals surface area contributed by atoms with Crippen molar-refractivity contribution >= 4 is 0 Å². The van der Waals surface area contributed by atoms with E-state index >= 15 is 0 Å². The van der Waals surface area contributed by atoms with Gasteiger partial charge in [0.05, 0.1) is 0 Å². The third-order valence-electron chi connectivity index (χ3n) is 4.02. The molecule has 134 valence electrons. The van der Waals surface area contributed by atoms with Crippen LogP contribution in [-0.2, 0) is 13.0 Å². The summed E-state index contributed by atoms with van der Waals surface area (Å²) in [6.45, 7) is 2.86. The Kier molecular flexibility index (Phi) is 7.12. The van der Waals surface area contributed by atoms with E-state index in [9.17, 15) is 0 Å². The molecule has 3 rings (SSSR count). The summed E-state index contributed by atoms with van der Waals surface area (Å²) in [4.78, 5) is 0. The van der Waals surface area contributed by atoms with Gasteiger partial charge in [-0.25, -0.2) is 0 Å². The van der Waals surface area contributed by atoms with Crippen LogP contribution in [-0.4, -0.2) is 19.8 Å². The highest BCUT2D eigenvalue weighted by atomic mass is 16.5. The van der Waals surface area contributed by atoms with Crippen molar-refractivity contribution in [2.45, 2.75) is 13.0 Å². The molecule has 1 N–H and O–H groups in total. The Morgan fingerprint density at radius 3 is 2.00 bits per heavy atom. The standard InChI is InChI=1S/C23H25NO2/c1-3-8-20(9-4-1)14-15-24-19-21-10-7-13-23(18-21)26-17-16-25-22-11-5-2-6-12-22/h1-13,18,24H,14-17,19H2. The monoisotopic (exact) mass is 347 g/mol. The number of ether oxygens (including phenoxy) is 2. The zero-order chi connectivity index (χ0) is 17.9. The summed E-state index contributed by atoms with van der Waals surface area (Å²) in [5.74, 6) is 1.75. The molecule has 3 heteroatoms. The van der Waals surface area contributed by atoms with Crippen molar-refractivity contribution in [2.24, 2.45) is 0 Å². The van der Waals surface area contributed by atoms with Crippen LogP contribution in [0.3, 0.4) is 0 Å². The molecule has 3 aromatic rings. The molecule has 0 radical (unpaired) electrons. The molecule has 0 aliphatic heterocycles. The number of rotatable bonds is 10. The second-order valence-corrected chi connectivity index (χ2v) is 6.07. The summed E-state index contributed by atoms with van der Waals surface area (Å²) < 4.78 is 11.4. The van der Waals surface area contributed by atoms with Gasteiger partial charge in [0.15, 0.2) is 0 Å². The van der Waals surface area contributed by atoms with E-state index in [2.05, 4.69) is 41.7 Å². The minimum Gasteiger partial charge on any atom is -0.490 e. The molecule has 0 heterocycles. The van der Waals surface area contributed by atoms with E-state index in [1.807, 2.05) is 48.5 Å². The van der Waals surface area contributed by atoms with Crippen molar-refractivity contribution in [3.05, 3.63) is 96.1 Å². The normalized spacial score (nSPS) is 10.5. The van der Waals surface area contributed by atoms with Gasteiger partial charge in [0.2, 0.25) is 0 Å². The van der Waals surface area contributed by atoms with Gasteiger partial charge in [-0.3, -0.25) is 0 Å². The van der Waals surface area contributed by atoms with Gasteiger partial charge in [0, 0.05) is 6.54 Å². The topological polar surface area (TPSA) is 30.5 Å². The molecule has 0 fully saturated rings. The smallest absolute Gasteiger partial charge is 0.122 e. The Morgan fingerprint density at radius 1 is 0.615 bits per heavy atom. The van der Waals surface area contributed by atoms with E-state index in [0.29, 0.717) is 13.2 Å². The summed E-state index contributed by atoms with van der Waals surface area (Å²) in [7, 11) is 0. The molecule has 0 amide bonds. The van der Waals surface area contributed by atoms with Crippen molar-refractivity contribution in [1.29, 1.82) is 0 Å². The maximum Gasteiger partial charge on any atom is 0.122 e. The Labute approximate surface area is 155 Å². The van der Waals surface area contributed by atoms with Crippen LogP contribution in [0.1, 0.15) is 11.1 Å². The van der Waals surface area contributed by atoms with Crippen LogP contribution in [0.25, 0.3) is 0 Å². The first-order chi connectivity index (χ1) is 12.9. The predicted octanol–water partition coefficient (Wildman–Crippen LogP) is 4.48. The minimum absolute atomic E-state index is 0.528. The first-order valence-electron chi connectivity index (χ1n) is 9.04.